The molecule has 1 aromatic rings. The van der Waals surface area contributed by atoms with Gasteiger partial charge in [-0.05, 0) is 38.5 Å². The van der Waals surface area contributed by atoms with Crippen LogP contribution in [0.3, 0.4) is 0 Å². The van der Waals surface area contributed by atoms with E-state index in [2.05, 4.69) is 81.5 Å². The summed E-state index contributed by atoms with van der Waals surface area (Å²) in [6.45, 7) is 7.42. The number of hydrogen-bond acceptors (Lipinski definition) is 2. The minimum atomic E-state index is 0.180. The third kappa shape index (κ3) is 5.55. The van der Waals surface area contributed by atoms with Gasteiger partial charge in [0.1, 0.15) is 0 Å². The number of nitrogens with zero attached hydrogens (tertiary/aromatic N) is 1. The zero-order chi connectivity index (χ0) is 12.9. The summed E-state index contributed by atoms with van der Waals surface area (Å²) in [4.78, 5) is 2.11. The Kier molecular flexibility index (Phi) is 4.76. The van der Waals surface area contributed by atoms with Crippen molar-refractivity contribution in [2.75, 3.05) is 25.5 Å². The van der Waals surface area contributed by atoms with E-state index >= 15 is 0 Å². The van der Waals surface area contributed by atoms with Crippen LogP contribution in [-0.4, -0.2) is 26.2 Å². The first-order valence-electron chi connectivity index (χ1n) is 6.07. The van der Waals surface area contributed by atoms with Gasteiger partial charge in [0.2, 0.25) is 0 Å². The Morgan fingerprint density at radius 1 is 1.12 bits per heavy atom. The van der Waals surface area contributed by atoms with E-state index in [4.69, 9.17) is 0 Å². The molecule has 0 aromatic heterocycles. The van der Waals surface area contributed by atoms with Gasteiger partial charge in [0.15, 0.2) is 0 Å². The number of rotatable bonds is 4. The molecule has 0 aliphatic heterocycles. The van der Waals surface area contributed by atoms with E-state index in [9.17, 15) is 0 Å². The molecular formula is C15H24N2. The number of anilines is 1. The third-order valence-corrected chi connectivity index (χ3v) is 2.47. The molecule has 0 saturated heterocycles. The molecule has 1 rings (SSSR count). The summed E-state index contributed by atoms with van der Waals surface area (Å²) in [5.41, 5.74) is 2.65. The molecule has 0 bridgehead atoms. The molecule has 0 unspecified atom stereocenters. The van der Waals surface area contributed by atoms with Crippen LogP contribution in [0, 0.1) is 0 Å². The highest BCUT2D eigenvalue weighted by Crippen LogP contribution is 2.13. The molecule has 0 aliphatic rings. The lowest BCUT2D eigenvalue weighted by atomic mass is 10.1. The van der Waals surface area contributed by atoms with Crippen LogP contribution in [0.1, 0.15) is 26.3 Å². The topological polar surface area (TPSA) is 15.3 Å². The fourth-order valence-electron chi connectivity index (χ4n) is 1.44. The summed E-state index contributed by atoms with van der Waals surface area (Å²) in [7, 11) is 4.11. The van der Waals surface area contributed by atoms with E-state index in [1.165, 1.54) is 11.3 Å². The first-order valence-corrected chi connectivity index (χ1v) is 6.07. The fourth-order valence-corrected chi connectivity index (χ4v) is 1.44. The highest BCUT2D eigenvalue weighted by atomic mass is 15.1. The summed E-state index contributed by atoms with van der Waals surface area (Å²) in [5, 5.41) is 3.43. The molecule has 0 spiro atoms. The quantitative estimate of drug-likeness (QED) is 0.858. The summed E-state index contributed by atoms with van der Waals surface area (Å²) < 4.78 is 0. The summed E-state index contributed by atoms with van der Waals surface area (Å²) in [5.74, 6) is 0. The summed E-state index contributed by atoms with van der Waals surface area (Å²) >= 11 is 0. The Hall–Kier alpha value is -1.28. The molecule has 0 amide bonds. The Balaban J connectivity index is 2.49. The molecule has 0 radical (unpaired) electrons. The molecule has 0 saturated carbocycles. The fraction of sp³-hybridized carbons (Fsp3) is 0.467. The molecule has 17 heavy (non-hydrogen) atoms. The van der Waals surface area contributed by atoms with E-state index in [1.54, 1.807) is 0 Å². The van der Waals surface area contributed by atoms with E-state index in [-0.39, 0.29) is 5.54 Å². The van der Waals surface area contributed by atoms with Gasteiger partial charge < -0.3 is 10.2 Å². The lowest BCUT2D eigenvalue weighted by molar-refractivity contribution is 0.450. The van der Waals surface area contributed by atoms with Crippen LogP contribution in [-0.2, 0) is 0 Å². The lowest BCUT2D eigenvalue weighted by Crippen LogP contribution is -2.35. The van der Waals surface area contributed by atoms with Crippen LogP contribution in [0.5, 0.6) is 0 Å². The standard InChI is InChI=1S/C15H24N2/c1-15(2,3)16-12-6-7-13-8-10-14(11-9-13)17(4)5/h6-11,16H,12H2,1-5H3/b7-6+. The molecule has 94 valence electrons. The molecule has 1 aromatic carbocycles. The summed E-state index contributed by atoms with van der Waals surface area (Å²) in [6, 6.07) is 8.56. The van der Waals surface area contributed by atoms with Crippen molar-refractivity contribution < 1.29 is 0 Å². The normalized spacial score (nSPS) is 12.1. The SMILES string of the molecule is CN(C)c1ccc(/C=C/CNC(C)(C)C)cc1. The Morgan fingerprint density at radius 3 is 2.18 bits per heavy atom. The van der Waals surface area contributed by atoms with Gasteiger partial charge in [0.05, 0.1) is 0 Å². The van der Waals surface area contributed by atoms with Gasteiger partial charge in [0.25, 0.3) is 0 Å². The molecule has 1 N–H and O–H groups in total. The lowest BCUT2D eigenvalue weighted by Gasteiger charge is -2.18. The molecule has 2 heteroatoms. The Labute approximate surface area is 105 Å². The minimum absolute atomic E-state index is 0.180. The van der Waals surface area contributed by atoms with Crippen molar-refractivity contribution in [3.63, 3.8) is 0 Å². The highest BCUT2D eigenvalue weighted by Gasteiger charge is 2.05. The van der Waals surface area contributed by atoms with E-state index in [1.807, 2.05) is 0 Å². The van der Waals surface area contributed by atoms with Gasteiger partial charge in [-0.15, -0.1) is 0 Å². The maximum absolute atomic E-state index is 3.43. The van der Waals surface area contributed by atoms with Crippen molar-refractivity contribution in [1.29, 1.82) is 0 Å². The van der Waals surface area contributed by atoms with Gasteiger partial charge in [-0.3, -0.25) is 0 Å². The average molecular weight is 232 g/mol. The second kappa shape index (κ2) is 5.87. The second-order valence-corrected chi connectivity index (χ2v) is 5.52. The van der Waals surface area contributed by atoms with Crippen molar-refractivity contribution in [1.82, 2.24) is 5.32 Å². The monoisotopic (exact) mass is 232 g/mol. The maximum atomic E-state index is 3.43. The van der Waals surface area contributed by atoms with Crippen molar-refractivity contribution in [2.45, 2.75) is 26.3 Å². The molecule has 0 atom stereocenters. The van der Waals surface area contributed by atoms with Gasteiger partial charge in [-0.2, -0.15) is 0 Å². The van der Waals surface area contributed by atoms with Crippen molar-refractivity contribution in [2.24, 2.45) is 0 Å². The minimum Gasteiger partial charge on any atom is -0.378 e. The van der Waals surface area contributed by atoms with Crippen LogP contribution in [0.2, 0.25) is 0 Å². The van der Waals surface area contributed by atoms with Gasteiger partial charge in [-0.25, -0.2) is 0 Å². The maximum Gasteiger partial charge on any atom is 0.0361 e. The van der Waals surface area contributed by atoms with Gasteiger partial charge >= 0.3 is 0 Å². The number of hydrogen-bond donors (Lipinski definition) is 1. The zero-order valence-corrected chi connectivity index (χ0v) is 11.6. The van der Waals surface area contributed by atoms with E-state index < -0.39 is 0 Å². The van der Waals surface area contributed by atoms with Crippen LogP contribution in [0.15, 0.2) is 30.3 Å². The van der Waals surface area contributed by atoms with Crippen molar-refractivity contribution in [3.8, 4) is 0 Å². The van der Waals surface area contributed by atoms with Gasteiger partial charge in [-0.1, -0.05) is 24.3 Å². The second-order valence-electron chi connectivity index (χ2n) is 5.52. The van der Waals surface area contributed by atoms with E-state index in [0.29, 0.717) is 0 Å². The van der Waals surface area contributed by atoms with Crippen LogP contribution in [0.4, 0.5) is 5.69 Å². The largest absolute Gasteiger partial charge is 0.378 e. The highest BCUT2D eigenvalue weighted by molar-refractivity contribution is 5.55. The number of benzene rings is 1. The molecule has 0 aliphatic carbocycles. The first kappa shape index (κ1) is 13.8. The Morgan fingerprint density at radius 2 is 1.71 bits per heavy atom. The van der Waals surface area contributed by atoms with Gasteiger partial charge in [0, 0.05) is 31.9 Å². The molecule has 0 heterocycles. The van der Waals surface area contributed by atoms with Crippen LogP contribution < -0.4 is 10.2 Å². The van der Waals surface area contributed by atoms with Crippen molar-refractivity contribution >= 4 is 11.8 Å². The van der Waals surface area contributed by atoms with Crippen molar-refractivity contribution in [3.05, 3.63) is 35.9 Å². The van der Waals surface area contributed by atoms with Crippen LogP contribution in [0.25, 0.3) is 6.08 Å². The predicted octanol–water partition coefficient (Wildman–Crippen LogP) is 3.15. The third-order valence-electron chi connectivity index (χ3n) is 2.47. The predicted molar refractivity (Wildman–Crippen MR) is 77.6 cm³/mol. The Bertz CT molecular complexity index is 356. The smallest absolute Gasteiger partial charge is 0.0361 e. The number of nitrogens with one attached hydrogen (secondary N) is 1. The van der Waals surface area contributed by atoms with E-state index in [0.717, 1.165) is 6.54 Å². The molecule has 0 fully saturated rings. The molecular weight excluding hydrogens is 208 g/mol. The molecule has 2 nitrogen and oxygen atoms in total. The van der Waals surface area contributed by atoms with Crippen LogP contribution >= 0.6 is 0 Å². The average Bonchev–Trinajstić information content (AvgIpc) is 2.24. The zero-order valence-electron chi connectivity index (χ0n) is 11.6. The summed E-state index contributed by atoms with van der Waals surface area (Å²) in [6.07, 6.45) is 4.31. The first-order chi connectivity index (χ1) is 7.88.